The van der Waals surface area contributed by atoms with Gasteiger partial charge in [0.15, 0.2) is 5.69 Å². The number of carbonyl (C=O) groups excluding carboxylic acids is 1. The highest BCUT2D eigenvalue weighted by molar-refractivity contribution is 7.89. The van der Waals surface area contributed by atoms with Crippen molar-refractivity contribution in [2.75, 3.05) is 29.6 Å². The molecule has 0 bridgehead atoms. The zero-order valence-electron chi connectivity index (χ0n) is 24.7. The molecule has 11 nitrogen and oxygen atoms in total. The van der Waals surface area contributed by atoms with Gasteiger partial charge in [0, 0.05) is 37.6 Å². The monoisotopic (exact) mass is 623 g/mol. The number of anilines is 2. The van der Waals surface area contributed by atoms with E-state index in [0.717, 1.165) is 49.0 Å². The van der Waals surface area contributed by atoms with Crippen LogP contribution in [-0.2, 0) is 17.1 Å². The normalized spacial score (nSPS) is 15.0. The van der Waals surface area contributed by atoms with E-state index in [1.807, 2.05) is 49.9 Å². The lowest BCUT2D eigenvalue weighted by Gasteiger charge is -2.33. The minimum Gasteiger partial charge on any atom is -0.377 e. The van der Waals surface area contributed by atoms with Crippen LogP contribution >= 0.6 is 11.6 Å². The molecule has 1 aliphatic rings. The first-order chi connectivity index (χ1) is 20.3. The summed E-state index contributed by atoms with van der Waals surface area (Å²) in [6, 6.07) is 10.6. The molecule has 13 heteroatoms. The summed E-state index contributed by atoms with van der Waals surface area (Å²) < 4.78 is 26.9. The zero-order chi connectivity index (χ0) is 31.1. The Labute approximate surface area is 255 Å². The number of aromatic nitrogens is 4. The first-order valence-electron chi connectivity index (χ1n) is 13.9. The van der Waals surface area contributed by atoms with Crippen molar-refractivity contribution in [1.29, 1.82) is 0 Å². The lowest BCUT2D eigenvalue weighted by Crippen LogP contribution is -2.37. The molecule has 43 heavy (non-hydrogen) atoms. The highest BCUT2D eigenvalue weighted by Crippen LogP contribution is 2.32. The van der Waals surface area contributed by atoms with Gasteiger partial charge in [-0.15, -0.1) is 0 Å². The second kappa shape index (κ2) is 11.9. The summed E-state index contributed by atoms with van der Waals surface area (Å²) in [6.07, 6.45) is 4.67. The quantitative estimate of drug-likeness (QED) is 0.289. The Hall–Kier alpha value is -4.03. The van der Waals surface area contributed by atoms with Gasteiger partial charge in [0.05, 0.1) is 28.9 Å². The Bertz CT molecular complexity index is 1870. The van der Waals surface area contributed by atoms with Gasteiger partial charge in [-0.3, -0.25) is 19.1 Å². The van der Waals surface area contributed by atoms with Crippen LogP contribution in [0.25, 0.3) is 10.9 Å². The van der Waals surface area contributed by atoms with Crippen molar-refractivity contribution in [3.05, 3.63) is 86.2 Å². The number of hydrogen-bond acceptors (Lipinski definition) is 9. The van der Waals surface area contributed by atoms with Gasteiger partial charge in [-0.25, -0.2) is 23.1 Å². The summed E-state index contributed by atoms with van der Waals surface area (Å²) >= 11 is 6.03. The fourth-order valence-corrected chi connectivity index (χ4v) is 6.12. The Morgan fingerprint density at radius 1 is 1.09 bits per heavy atom. The maximum absolute atomic E-state index is 13.6. The van der Waals surface area contributed by atoms with E-state index in [4.69, 9.17) is 16.6 Å². The topological polar surface area (TPSA) is 139 Å². The molecule has 0 spiro atoms. The average molecular weight is 624 g/mol. The molecule has 226 valence electrons. The average Bonchev–Trinajstić information content (AvgIpc) is 2.95. The molecule has 5 rings (SSSR count). The number of piperidine rings is 1. The largest absolute Gasteiger partial charge is 0.377 e. The Morgan fingerprint density at radius 2 is 1.81 bits per heavy atom. The van der Waals surface area contributed by atoms with Crippen molar-refractivity contribution in [1.82, 2.24) is 24.2 Å². The molecule has 0 radical (unpaired) electrons. The number of carbonyl (C=O) groups is 1. The van der Waals surface area contributed by atoms with Crippen molar-refractivity contribution in [3.63, 3.8) is 0 Å². The van der Waals surface area contributed by atoms with Crippen LogP contribution in [0.3, 0.4) is 0 Å². The number of nitrogens with one attached hydrogen (secondary N) is 2. The van der Waals surface area contributed by atoms with Crippen molar-refractivity contribution in [3.8, 4) is 0 Å². The van der Waals surface area contributed by atoms with Gasteiger partial charge in [0.25, 0.3) is 11.5 Å². The van der Waals surface area contributed by atoms with Gasteiger partial charge in [0.1, 0.15) is 5.15 Å². The molecule has 1 atom stereocenters. The van der Waals surface area contributed by atoms with Crippen LogP contribution in [0.5, 0.6) is 0 Å². The number of pyridine rings is 2. The van der Waals surface area contributed by atoms with E-state index in [1.54, 1.807) is 17.7 Å². The van der Waals surface area contributed by atoms with Crippen LogP contribution in [0.2, 0.25) is 5.15 Å². The number of halogens is 1. The van der Waals surface area contributed by atoms with E-state index in [1.165, 1.54) is 11.6 Å². The highest BCUT2D eigenvalue weighted by atomic mass is 35.5. The van der Waals surface area contributed by atoms with Gasteiger partial charge in [-0.05, 0) is 74.9 Å². The van der Waals surface area contributed by atoms with E-state index in [0.29, 0.717) is 22.8 Å². The van der Waals surface area contributed by atoms with Crippen LogP contribution < -0.4 is 20.5 Å². The standard InChI is InChI=1S/C30H34ClN7O4S/c1-17-14-22(19(3)33-24-8-9-25(31)34-27(24)28(39)36-43(5,41)42)26-23(15-17)29(40)37(4)30(35-26)38-12-10-20(11-13-38)21-7-6-18(2)32-16-21/h6-9,14-16,19-20,33H,10-13H2,1-5H3,(H,36,39)/t19-/m1/s1. The van der Waals surface area contributed by atoms with Crippen LogP contribution in [0.1, 0.15) is 64.6 Å². The molecule has 4 aromatic rings. The van der Waals surface area contributed by atoms with Crippen molar-refractivity contribution >= 4 is 50.1 Å². The highest BCUT2D eigenvalue weighted by Gasteiger charge is 2.26. The number of benzene rings is 1. The smallest absolute Gasteiger partial charge is 0.285 e. The van der Waals surface area contributed by atoms with Crippen molar-refractivity contribution in [2.24, 2.45) is 7.05 Å². The number of nitrogens with zero attached hydrogens (tertiary/aromatic N) is 5. The molecule has 2 N–H and O–H groups in total. The lowest BCUT2D eigenvalue weighted by atomic mass is 9.90. The Kier molecular flexibility index (Phi) is 8.44. The predicted molar refractivity (Wildman–Crippen MR) is 168 cm³/mol. The zero-order valence-corrected chi connectivity index (χ0v) is 26.3. The summed E-state index contributed by atoms with van der Waals surface area (Å²) in [6.45, 7) is 7.25. The number of hydrogen-bond donors (Lipinski definition) is 2. The predicted octanol–water partition coefficient (Wildman–Crippen LogP) is 4.24. The molecule has 1 aromatic carbocycles. The van der Waals surface area contributed by atoms with Crippen molar-refractivity contribution < 1.29 is 13.2 Å². The minimum absolute atomic E-state index is 0.0371. The third-order valence-electron chi connectivity index (χ3n) is 7.71. The molecule has 1 saturated heterocycles. The minimum atomic E-state index is -3.83. The van der Waals surface area contributed by atoms with Gasteiger partial charge in [-0.2, -0.15) is 0 Å². The second-order valence-corrected chi connectivity index (χ2v) is 13.3. The first-order valence-corrected chi connectivity index (χ1v) is 16.2. The summed E-state index contributed by atoms with van der Waals surface area (Å²) in [5.74, 6) is 0.0795. The second-order valence-electron chi connectivity index (χ2n) is 11.1. The van der Waals surface area contributed by atoms with E-state index in [2.05, 4.69) is 26.3 Å². The molecule has 1 aliphatic heterocycles. The van der Waals surface area contributed by atoms with E-state index in [-0.39, 0.29) is 22.1 Å². The maximum atomic E-state index is 13.6. The van der Waals surface area contributed by atoms with Crippen LogP contribution in [0.4, 0.5) is 11.6 Å². The van der Waals surface area contributed by atoms with E-state index in [9.17, 15) is 18.0 Å². The number of amides is 1. The molecule has 0 saturated carbocycles. The molecule has 0 unspecified atom stereocenters. The number of sulfonamides is 1. The summed E-state index contributed by atoms with van der Waals surface area (Å²) in [7, 11) is -2.08. The van der Waals surface area contributed by atoms with E-state index >= 15 is 0 Å². The number of aryl methyl sites for hydroxylation is 2. The van der Waals surface area contributed by atoms with Crippen LogP contribution in [-0.4, -0.2) is 53.2 Å². The molecule has 4 heterocycles. The first kappa shape index (κ1) is 30.4. The van der Waals surface area contributed by atoms with Gasteiger partial charge >= 0.3 is 0 Å². The fourth-order valence-electron chi connectivity index (χ4n) is 5.54. The molecular formula is C30H34ClN7O4S. The molecule has 1 fully saturated rings. The summed E-state index contributed by atoms with van der Waals surface area (Å²) in [5.41, 5.74) is 4.36. The van der Waals surface area contributed by atoms with Gasteiger partial charge < -0.3 is 10.2 Å². The number of fused-ring (bicyclic) bond motifs is 1. The van der Waals surface area contributed by atoms with Crippen LogP contribution in [0, 0.1) is 13.8 Å². The number of rotatable bonds is 7. The molecule has 3 aromatic heterocycles. The van der Waals surface area contributed by atoms with Crippen LogP contribution in [0.15, 0.2) is 47.4 Å². The third kappa shape index (κ3) is 6.65. The van der Waals surface area contributed by atoms with E-state index < -0.39 is 22.0 Å². The Balaban J connectivity index is 1.48. The van der Waals surface area contributed by atoms with Crippen molar-refractivity contribution in [2.45, 2.75) is 45.6 Å². The Morgan fingerprint density at radius 3 is 2.47 bits per heavy atom. The van der Waals surface area contributed by atoms with Gasteiger partial charge in [-0.1, -0.05) is 23.7 Å². The SMILES string of the molecule is Cc1cc([C@@H](C)Nc2ccc(Cl)nc2C(=O)NS(C)(=O)=O)c2nc(N3CCC(c4ccc(C)nc4)CC3)n(C)c(=O)c2c1. The summed E-state index contributed by atoms with van der Waals surface area (Å²) in [5, 5.41) is 3.78. The maximum Gasteiger partial charge on any atom is 0.285 e. The lowest BCUT2D eigenvalue weighted by molar-refractivity contribution is 0.0977. The molecule has 0 aliphatic carbocycles. The molecule has 1 amide bonds. The molecular weight excluding hydrogens is 590 g/mol. The summed E-state index contributed by atoms with van der Waals surface area (Å²) in [4.78, 5) is 42.1. The third-order valence-corrected chi connectivity index (χ3v) is 8.47. The fraction of sp³-hybridized carbons (Fsp3) is 0.367. The van der Waals surface area contributed by atoms with Gasteiger partial charge in [0.2, 0.25) is 16.0 Å².